The fraction of sp³-hybridized carbons (Fsp3) is 0.533. The molecule has 0 aliphatic heterocycles. The number of anilines is 2. The monoisotopic (exact) mass is 245 g/mol. The molecule has 0 amide bonds. The number of rotatable bonds is 7. The third-order valence-corrected chi connectivity index (χ3v) is 3.08. The Balaban J connectivity index is 2.71. The molecular formula is C15H23N3. The van der Waals surface area contributed by atoms with Crippen LogP contribution in [-0.2, 0) is 0 Å². The van der Waals surface area contributed by atoms with E-state index in [0.717, 1.165) is 18.5 Å². The second-order valence-corrected chi connectivity index (χ2v) is 4.69. The molecule has 0 aromatic heterocycles. The van der Waals surface area contributed by atoms with Gasteiger partial charge in [0.1, 0.15) is 0 Å². The summed E-state index contributed by atoms with van der Waals surface area (Å²) in [5.74, 6) is 0. The number of hydrogen-bond donors (Lipinski definition) is 2. The minimum Gasteiger partial charge on any atom is -0.397 e. The zero-order chi connectivity index (χ0) is 13.4. The maximum atomic E-state index is 8.81. The number of nitrogens with zero attached hydrogens (tertiary/aromatic N) is 1. The molecule has 98 valence electrons. The van der Waals surface area contributed by atoms with Crippen molar-refractivity contribution in [1.29, 1.82) is 5.26 Å². The van der Waals surface area contributed by atoms with E-state index in [1.807, 2.05) is 12.1 Å². The van der Waals surface area contributed by atoms with E-state index in [1.165, 1.54) is 19.3 Å². The van der Waals surface area contributed by atoms with Gasteiger partial charge in [0.15, 0.2) is 0 Å². The lowest BCUT2D eigenvalue weighted by Gasteiger charge is -2.20. The molecule has 1 aromatic rings. The molecule has 0 bridgehead atoms. The normalized spacial score (nSPS) is 11.8. The highest BCUT2D eigenvalue weighted by molar-refractivity contribution is 5.68. The molecule has 3 nitrogen and oxygen atoms in total. The molecular weight excluding hydrogens is 222 g/mol. The first-order valence-electron chi connectivity index (χ1n) is 6.77. The van der Waals surface area contributed by atoms with Gasteiger partial charge in [0.05, 0.1) is 23.0 Å². The highest BCUT2D eigenvalue weighted by atomic mass is 14.9. The van der Waals surface area contributed by atoms with Crippen LogP contribution in [0, 0.1) is 11.3 Å². The second kappa shape index (κ2) is 7.60. The molecule has 1 rings (SSSR count). The number of benzene rings is 1. The summed E-state index contributed by atoms with van der Waals surface area (Å²) in [6.07, 6.45) is 5.93. The van der Waals surface area contributed by atoms with E-state index in [0.29, 0.717) is 17.3 Å². The molecule has 0 radical (unpaired) electrons. The predicted octanol–water partition coefficient (Wildman–Crippen LogP) is 3.91. The minimum absolute atomic E-state index is 0.477. The van der Waals surface area contributed by atoms with Crippen LogP contribution in [0.15, 0.2) is 18.2 Å². The molecule has 0 aliphatic rings. The highest BCUT2D eigenvalue weighted by Crippen LogP contribution is 2.22. The fourth-order valence-corrected chi connectivity index (χ4v) is 2.07. The Morgan fingerprint density at radius 3 is 2.61 bits per heavy atom. The lowest BCUT2D eigenvalue weighted by Crippen LogP contribution is -2.20. The Bertz CT molecular complexity index is 407. The first kappa shape index (κ1) is 14.4. The zero-order valence-corrected chi connectivity index (χ0v) is 11.4. The molecule has 1 atom stereocenters. The average Bonchev–Trinajstić information content (AvgIpc) is 2.38. The summed E-state index contributed by atoms with van der Waals surface area (Å²) >= 11 is 0. The second-order valence-electron chi connectivity index (χ2n) is 4.69. The molecule has 0 fully saturated rings. The smallest absolute Gasteiger partial charge is 0.0992 e. The van der Waals surface area contributed by atoms with E-state index in [1.54, 1.807) is 6.07 Å². The van der Waals surface area contributed by atoms with Crippen LogP contribution < -0.4 is 11.1 Å². The molecule has 1 aromatic carbocycles. The van der Waals surface area contributed by atoms with Crippen LogP contribution >= 0.6 is 0 Å². The molecule has 0 heterocycles. The van der Waals surface area contributed by atoms with E-state index in [-0.39, 0.29) is 0 Å². The van der Waals surface area contributed by atoms with E-state index in [2.05, 4.69) is 25.2 Å². The maximum absolute atomic E-state index is 8.81. The van der Waals surface area contributed by atoms with Gasteiger partial charge in [-0.05, 0) is 31.0 Å². The number of nitrogens with one attached hydrogen (secondary N) is 1. The number of nitriles is 1. The summed E-state index contributed by atoms with van der Waals surface area (Å²) in [6, 6.07) is 8.02. The summed E-state index contributed by atoms with van der Waals surface area (Å²) in [5.41, 5.74) is 8.17. The van der Waals surface area contributed by atoms with Crippen molar-refractivity contribution in [3.05, 3.63) is 23.8 Å². The molecule has 3 heteroatoms. The van der Waals surface area contributed by atoms with E-state index in [9.17, 15) is 0 Å². The summed E-state index contributed by atoms with van der Waals surface area (Å²) in [5, 5.41) is 12.3. The van der Waals surface area contributed by atoms with Crippen LogP contribution in [0.3, 0.4) is 0 Å². The van der Waals surface area contributed by atoms with Gasteiger partial charge < -0.3 is 11.1 Å². The molecule has 0 saturated heterocycles. The van der Waals surface area contributed by atoms with Crippen molar-refractivity contribution in [2.45, 2.75) is 52.0 Å². The largest absolute Gasteiger partial charge is 0.397 e. The van der Waals surface area contributed by atoms with Crippen LogP contribution in [0.5, 0.6) is 0 Å². The summed E-state index contributed by atoms with van der Waals surface area (Å²) in [7, 11) is 0. The lowest BCUT2D eigenvalue weighted by molar-refractivity contribution is 0.564. The number of nitrogen functional groups attached to an aromatic ring is 1. The van der Waals surface area contributed by atoms with Crippen molar-refractivity contribution in [2.24, 2.45) is 0 Å². The van der Waals surface area contributed by atoms with Gasteiger partial charge in [-0.2, -0.15) is 5.26 Å². The molecule has 3 N–H and O–H groups in total. The summed E-state index contributed by atoms with van der Waals surface area (Å²) in [4.78, 5) is 0. The van der Waals surface area contributed by atoms with E-state index >= 15 is 0 Å². The standard InChI is InChI=1S/C15H23N3/c1-3-5-7-13(6-4-2)18-15-9-8-12(11-16)10-14(15)17/h8-10,13,18H,3-7,17H2,1-2H3. The zero-order valence-electron chi connectivity index (χ0n) is 11.4. The molecule has 0 spiro atoms. The Hall–Kier alpha value is -1.69. The number of nitrogens with two attached hydrogens (primary N) is 1. The average molecular weight is 245 g/mol. The SMILES string of the molecule is CCCCC(CCC)Nc1ccc(C#N)cc1N. The maximum Gasteiger partial charge on any atom is 0.0992 e. The van der Waals surface area contributed by atoms with Gasteiger partial charge in [0.2, 0.25) is 0 Å². The van der Waals surface area contributed by atoms with Crippen molar-refractivity contribution in [3.63, 3.8) is 0 Å². The van der Waals surface area contributed by atoms with Crippen molar-refractivity contribution in [3.8, 4) is 6.07 Å². The van der Waals surface area contributed by atoms with Crippen molar-refractivity contribution in [1.82, 2.24) is 0 Å². The van der Waals surface area contributed by atoms with Crippen LogP contribution in [0.1, 0.15) is 51.5 Å². The van der Waals surface area contributed by atoms with Gasteiger partial charge in [-0.1, -0.05) is 33.1 Å². The van der Waals surface area contributed by atoms with E-state index < -0.39 is 0 Å². The van der Waals surface area contributed by atoms with Crippen LogP contribution in [0.4, 0.5) is 11.4 Å². The first-order chi connectivity index (χ1) is 8.71. The molecule has 1 unspecified atom stereocenters. The number of hydrogen-bond acceptors (Lipinski definition) is 3. The van der Waals surface area contributed by atoms with Gasteiger partial charge in [0.25, 0.3) is 0 Å². The Morgan fingerprint density at radius 2 is 2.06 bits per heavy atom. The minimum atomic E-state index is 0.477. The Morgan fingerprint density at radius 1 is 1.28 bits per heavy atom. The number of unbranched alkanes of at least 4 members (excludes halogenated alkanes) is 1. The fourth-order valence-electron chi connectivity index (χ4n) is 2.07. The lowest BCUT2D eigenvalue weighted by atomic mass is 10.0. The van der Waals surface area contributed by atoms with Gasteiger partial charge >= 0.3 is 0 Å². The summed E-state index contributed by atoms with van der Waals surface area (Å²) < 4.78 is 0. The first-order valence-corrected chi connectivity index (χ1v) is 6.77. The third-order valence-electron chi connectivity index (χ3n) is 3.08. The highest BCUT2D eigenvalue weighted by Gasteiger charge is 2.09. The van der Waals surface area contributed by atoms with Gasteiger partial charge in [-0.15, -0.1) is 0 Å². The van der Waals surface area contributed by atoms with Crippen LogP contribution in [0.25, 0.3) is 0 Å². The van der Waals surface area contributed by atoms with Crippen LogP contribution in [-0.4, -0.2) is 6.04 Å². The third kappa shape index (κ3) is 4.29. The van der Waals surface area contributed by atoms with Gasteiger partial charge in [-0.3, -0.25) is 0 Å². The van der Waals surface area contributed by atoms with Crippen LogP contribution in [0.2, 0.25) is 0 Å². The van der Waals surface area contributed by atoms with Crippen molar-refractivity contribution in [2.75, 3.05) is 11.1 Å². The topological polar surface area (TPSA) is 61.8 Å². The molecule has 18 heavy (non-hydrogen) atoms. The predicted molar refractivity (Wildman–Crippen MR) is 77.4 cm³/mol. The van der Waals surface area contributed by atoms with Gasteiger partial charge in [0, 0.05) is 6.04 Å². The van der Waals surface area contributed by atoms with Crippen molar-refractivity contribution >= 4 is 11.4 Å². The Labute approximate surface area is 110 Å². The molecule has 0 aliphatic carbocycles. The van der Waals surface area contributed by atoms with Crippen molar-refractivity contribution < 1.29 is 0 Å². The molecule has 0 saturated carbocycles. The van der Waals surface area contributed by atoms with Gasteiger partial charge in [-0.25, -0.2) is 0 Å². The quantitative estimate of drug-likeness (QED) is 0.716. The Kier molecular flexibility index (Phi) is 6.07. The summed E-state index contributed by atoms with van der Waals surface area (Å²) in [6.45, 7) is 4.40. The van der Waals surface area contributed by atoms with E-state index in [4.69, 9.17) is 11.0 Å².